The normalized spacial score (nSPS) is 50.5. The Kier molecular flexibility index (Phi) is 1.65. The molecule has 0 aromatic carbocycles. The fourth-order valence-corrected chi connectivity index (χ4v) is 9.09. The zero-order valence-electron chi connectivity index (χ0n) is 7.82. The summed E-state index contributed by atoms with van der Waals surface area (Å²) in [6, 6.07) is 0. The molecule has 0 nitrogen and oxygen atoms in total. The third-order valence-electron chi connectivity index (χ3n) is 3.44. The summed E-state index contributed by atoms with van der Waals surface area (Å²) < 4.78 is 2.10. The molecule has 1 heteroatoms. The van der Waals surface area contributed by atoms with Gasteiger partial charge >= 0.3 is 76.9 Å². The minimum atomic E-state index is -0.567. The van der Waals surface area contributed by atoms with Crippen LogP contribution in [0.15, 0.2) is 11.6 Å². The Balaban J connectivity index is 2.24. The fraction of sp³-hybridized carbons (Fsp3) is 0.800. The molecular formula is C10H17I. The summed E-state index contributed by atoms with van der Waals surface area (Å²) >= 11 is -0.567. The Morgan fingerprint density at radius 3 is 2.64 bits per heavy atom. The predicted octanol–water partition coefficient (Wildman–Crippen LogP) is 3.25. The van der Waals surface area contributed by atoms with Crippen LogP contribution in [0.2, 0.25) is 0 Å². The van der Waals surface area contributed by atoms with E-state index < -0.39 is 19.8 Å². The van der Waals surface area contributed by atoms with E-state index in [9.17, 15) is 0 Å². The van der Waals surface area contributed by atoms with Gasteiger partial charge in [-0.2, -0.15) is 0 Å². The van der Waals surface area contributed by atoms with Gasteiger partial charge in [-0.1, -0.05) is 0 Å². The van der Waals surface area contributed by atoms with E-state index in [1.165, 1.54) is 6.42 Å². The zero-order chi connectivity index (χ0) is 8.22. The van der Waals surface area contributed by atoms with Gasteiger partial charge in [0.25, 0.3) is 0 Å². The van der Waals surface area contributed by atoms with E-state index >= 15 is 0 Å². The van der Waals surface area contributed by atoms with Gasteiger partial charge in [0.05, 0.1) is 0 Å². The number of rotatable bonds is 1. The van der Waals surface area contributed by atoms with Gasteiger partial charge in [0.2, 0.25) is 0 Å². The van der Waals surface area contributed by atoms with Crippen molar-refractivity contribution in [3.8, 4) is 0 Å². The summed E-state index contributed by atoms with van der Waals surface area (Å²) in [4.78, 5) is 2.56. The summed E-state index contributed by atoms with van der Waals surface area (Å²) in [5, 5.41) is 0. The monoisotopic (exact) mass is 264 g/mol. The minimum absolute atomic E-state index is 0.567. The van der Waals surface area contributed by atoms with E-state index in [0.717, 1.165) is 7.85 Å². The van der Waals surface area contributed by atoms with Crippen LogP contribution in [0.5, 0.6) is 0 Å². The summed E-state index contributed by atoms with van der Waals surface area (Å²) in [5.74, 6) is 0. The Morgan fingerprint density at radius 2 is 2.27 bits per heavy atom. The number of halogens is 1. The Morgan fingerprint density at radius 1 is 1.64 bits per heavy atom. The molecule has 2 rings (SSSR count). The van der Waals surface area contributed by atoms with Gasteiger partial charge in [-0.3, -0.25) is 0 Å². The molecule has 1 aliphatic heterocycles. The van der Waals surface area contributed by atoms with Crippen LogP contribution in [-0.4, -0.2) is 12.8 Å². The second-order valence-corrected chi connectivity index (χ2v) is 10.4. The molecule has 0 radical (unpaired) electrons. The molecule has 11 heavy (non-hydrogen) atoms. The third-order valence-corrected chi connectivity index (χ3v) is 10.9. The molecule has 0 spiro atoms. The summed E-state index contributed by atoms with van der Waals surface area (Å²) in [6.07, 6.45) is 3.96. The summed E-state index contributed by atoms with van der Waals surface area (Å²) in [5.41, 5.74) is 2.52. The summed E-state index contributed by atoms with van der Waals surface area (Å²) in [6.45, 7) is 7.22. The molecule has 0 unspecified atom stereocenters. The SMILES string of the molecule is CC[C@@]1(C)C2=C[C@@H](C)I(C)[C@@H]21. The molecule has 1 fully saturated rings. The average Bonchev–Trinajstić information content (AvgIpc) is 2.42. The first-order chi connectivity index (χ1) is 5.11. The van der Waals surface area contributed by atoms with E-state index in [2.05, 4.69) is 31.8 Å². The second-order valence-electron chi connectivity index (χ2n) is 4.00. The van der Waals surface area contributed by atoms with Crippen molar-refractivity contribution in [3.63, 3.8) is 0 Å². The Bertz CT molecular complexity index is 219. The van der Waals surface area contributed by atoms with E-state index in [0.29, 0.717) is 5.41 Å². The van der Waals surface area contributed by atoms with Crippen molar-refractivity contribution in [2.45, 2.75) is 35.0 Å². The van der Waals surface area contributed by atoms with Crippen molar-refractivity contribution in [2.75, 3.05) is 4.93 Å². The van der Waals surface area contributed by atoms with Crippen molar-refractivity contribution in [2.24, 2.45) is 5.41 Å². The molecule has 0 aromatic rings. The zero-order valence-corrected chi connectivity index (χ0v) is 9.97. The molecule has 0 saturated heterocycles. The Labute approximate surface area is 76.8 Å². The number of hydrogen-bond donors (Lipinski definition) is 0. The van der Waals surface area contributed by atoms with Crippen LogP contribution in [0.1, 0.15) is 27.2 Å². The molecule has 1 saturated carbocycles. The van der Waals surface area contributed by atoms with Crippen molar-refractivity contribution < 1.29 is 0 Å². The van der Waals surface area contributed by atoms with Gasteiger partial charge in [-0.25, -0.2) is 0 Å². The fourth-order valence-electron chi connectivity index (χ4n) is 2.23. The van der Waals surface area contributed by atoms with Gasteiger partial charge in [-0.05, 0) is 0 Å². The van der Waals surface area contributed by atoms with Crippen LogP contribution in [-0.2, 0) is 0 Å². The molecule has 1 aliphatic carbocycles. The maximum absolute atomic E-state index is 2.58. The number of fused-ring (bicyclic) bond motifs is 1. The topological polar surface area (TPSA) is 0 Å². The molecule has 64 valence electrons. The van der Waals surface area contributed by atoms with E-state index in [1.54, 1.807) is 0 Å². The van der Waals surface area contributed by atoms with Crippen molar-refractivity contribution in [1.29, 1.82) is 0 Å². The van der Waals surface area contributed by atoms with Crippen molar-refractivity contribution in [3.05, 3.63) is 11.6 Å². The molecular weight excluding hydrogens is 247 g/mol. The summed E-state index contributed by atoms with van der Waals surface area (Å²) in [7, 11) is 0. The van der Waals surface area contributed by atoms with Crippen LogP contribution < -0.4 is 0 Å². The van der Waals surface area contributed by atoms with E-state index in [1.807, 2.05) is 5.57 Å². The molecule has 0 aromatic heterocycles. The first-order valence-corrected chi connectivity index (χ1v) is 9.05. The van der Waals surface area contributed by atoms with E-state index in [-0.39, 0.29) is 0 Å². The van der Waals surface area contributed by atoms with Crippen LogP contribution >= 0.6 is 19.8 Å². The molecule has 1 heterocycles. The quantitative estimate of drug-likeness (QED) is 0.387. The maximum atomic E-state index is 2.58. The van der Waals surface area contributed by atoms with Crippen molar-refractivity contribution in [1.82, 2.24) is 0 Å². The van der Waals surface area contributed by atoms with Gasteiger partial charge in [0.1, 0.15) is 0 Å². The standard InChI is InChI=1S/C10H17I/c1-5-10(3)8-6-7(2)11(4)9(8)10/h6-7,9H,5H2,1-4H3/t7-,9+,10+/m1/s1. The molecule has 2 aliphatic rings. The first-order valence-electron chi connectivity index (χ1n) is 4.40. The van der Waals surface area contributed by atoms with Crippen LogP contribution in [0, 0.1) is 5.41 Å². The Hall–Kier alpha value is 0.470. The van der Waals surface area contributed by atoms with Gasteiger partial charge in [0, 0.05) is 0 Å². The molecule has 0 amide bonds. The van der Waals surface area contributed by atoms with Crippen LogP contribution in [0.25, 0.3) is 0 Å². The van der Waals surface area contributed by atoms with Gasteiger partial charge < -0.3 is 0 Å². The third kappa shape index (κ3) is 0.865. The number of alkyl halides is 3. The average molecular weight is 264 g/mol. The molecule has 0 N–H and O–H groups in total. The van der Waals surface area contributed by atoms with Crippen molar-refractivity contribution >= 4 is 19.8 Å². The van der Waals surface area contributed by atoms with E-state index in [4.69, 9.17) is 0 Å². The first kappa shape index (κ1) is 8.09. The van der Waals surface area contributed by atoms with Crippen LogP contribution in [0.3, 0.4) is 0 Å². The van der Waals surface area contributed by atoms with Crippen LogP contribution in [0.4, 0.5) is 0 Å². The predicted molar refractivity (Wildman–Crippen MR) is 59.7 cm³/mol. The number of hydrogen-bond acceptors (Lipinski definition) is 0. The van der Waals surface area contributed by atoms with Gasteiger partial charge in [-0.15, -0.1) is 0 Å². The van der Waals surface area contributed by atoms with Gasteiger partial charge in [0.15, 0.2) is 0 Å². The second kappa shape index (κ2) is 2.24. The molecule has 0 bridgehead atoms. The molecule has 3 atom stereocenters. The number of allylic oxidation sites excluding steroid dienone is 2.